The number of rotatable bonds is 5. The molecule has 0 aliphatic rings. The molecule has 10 nitrogen and oxygen atoms in total. The summed E-state index contributed by atoms with van der Waals surface area (Å²) in [5.41, 5.74) is 0. The number of urea groups is 1. The number of nitrogens with zero attached hydrogens (tertiary/aromatic N) is 4. The Balaban J connectivity index is 4.52. The fraction of sp³-hybridized carbons (Fsp3) is 0.833. The van der Waals surface area contributed by atoms with Crippen LogP contribution in [0.4, 0.5) is 4.79 Å². The van der Waals surface area contributed by atoms with Crippen LogP contribution in [0.3, 0.4) is 0 Å². The first-order chi connectivity index (χ1) is 7.25. The third-order valence-corrected chi connectivity index (χ3v) is 1.50. The number of hydrogen-bond acceptors (Lipinski definition) is 6. The summed E-state index contributed by atoms with van der Waals surface area (Å²) in [6.45, 7) is 0.743. The van der Waals surface area contributed by atoms with Gasteiger partial charge in [0.2, 0.25) is 0 Å². The van der Waals surface area contributed by atoms with E-state index in [1.807, 2.05) is 0 Å². The van der Waals surface area contributed by atoms with Crippen LogP contribution in [0.15, 0.2) is 0 Å². The Hall–Kier alpha value is -2.13. The zero-order valence-electron chi connectivity index (χ0n) is 9.02. The van der Waals surface area contributed by atoms with Crippen molar-refractivity contribution >= 4 is 6.03 Å². The molecule has 0 fully saturated rings. The number of amides is 2. The van der Waals surface area contributed by atoms with Gasteiger partial charge in [0.25, 0.3) is 5.09 Å². The average Bonchev–Trinajstić information content (AvgIpc) is 2.11. The van der Waals surface area contributed by atoms with Crippen molar-refractivity contribution in [2.75, 3.05) is 20.6 Å². The Morgan fingerprint density at radius 1 is 1.38 bits per heavy atom. The third kappa shape index (κ3) is 4.39. The average molecular weight is 236 g/mol. The van der Waals surface area contributed by atoms with Crippen molar-refractivity contribution in [2.45, 2.75) is 13.0 Å². The lowest BCUT2D eigenvalue weighted by atomic mass is 10.4. The lowest BCUT2D eigenvalue weighted by Crippen LogP contribution is -2.46. The van der Waals surface area contributed by atoms with Gasteiger partial charge < -0.3 is 9.74 Å². The lowest BCUT2D eigenvalue weighted by molar-refractivity contribution is -0.770. The second kappa shape index (κ2) is 5.68. The predicted octanol–water partition coefficient (Wildman–Crippen LogP) is -0.241. The van der Waals surface area contributed by atoms with Crippen molar-refractivity contribution in [2.24, 2.45) is 0 Å². The summed E-state index contributed by atoms with van der Waals surface area (Å²) in [4.78, 5) is 36.8. The number of nitro groups is 1. The number of carbonyl (C=O) groups is 1. The maximum Gasteiger partial charge on any atom is 0.377 e. The van der Waals surface area contributed by atoms with Gasteiger partial charge in [-0.2, -0.15) is 0 Å². The van der Waals surface area contributed by atoms with Crippen LogP contribution >= 0.6 is 0 Å². The van der Waals surface area contributed by atoms with Crippen molar-refractivity contribution in [3.05, 3.63) is 20.2 Å². The molecule has 0 aromatic carbocycles. The van der Waals surface area contributed by atoms with Gasteiger partial charge in [-0.15, -0.1) is 10.1 Å². The van der Waals surface area contributed by atoms with Gasteiger partial charge in [0, 0.05) is 14.1 Å². The number of hydrogen-bond donors (Lipinski definition) is 0. The zero-order valence-corrected chi connectivity index (χ0v) is 9.02. The molecular weight excluding hydrogens is 224 g/mol. The molecule has 0 heterocycles. The molecule has 0 spiro atoms. The van der Waals surface area contributed by atoms with Crippen molar-refractivity contribution in [3.63, 3.8) is 0 Å². The van der Waals surface area contributed by atoms with Crippen molar-refractivity contribution in [3.8, 4) is 0 Å². The van der Waals surface area contributed by atoms with Gasteiger partial charge in [0.05, 0.1) is 0 Å². The van der Waals surface area contributed by atoms with Crippen LogP contribution < -0.4 is 0 Å². The van der Waals surface area contributed by atoms with Crippen LogP contribution in [-0.4, -0.2) is 52.8 Å². The minimum absolute atomic E-state index is 0.244. The molecule has 10 heteroatoms. The minimum atomic E-state index is -1.08. The Bertz CT molecular complexity index is 293. The summed E-state index contributed by atoms with van der Waals surface area (Å²) in [7, 11) is 2.66. The lowest BCUT2D eigenvalue weighted by Gasteiger charge is -2.19. The van der Waals surface area contributed by atoms with E-state index in [4.69, 9.17) is 0 Å². The smallest absolute Gasteiger partial charge is 0.326 e. The van der Waals surface area contributed by atoms with E-state index in [0.717, 1.165) is 4.90 Å². The molecule has 92 valence electrons. The quantitative estimate of drug-likeness (QED) is 0.479. The van der Waals surface area contributed by atoms with Crippen LogP contribution in [0.25, 0.3) is 0 Å². The summed E-state index contributed by atoms with van der Waals surface area (Å²) in [6.07, 6.45) is -1.08. The van der Waals surface area contributed by atoms with Crippen LogP contribution in [0.2, 0.25) is 0 Å². The summed E-state index contributed by atoms with van der Waals surface area (Å²) >= 11 is 0. The van der Waals surface area contributed by atoms with E-state index < -0.39 is 28.8 Å². The molecule has 0 radical (unpaired) electrons. The monoisotopic (exact) mass is 236 g/mol. The molecule has 0 aliphatic carbocycles. The second-order valence-corrected chi connectivity index (χ2v) is 3.14. The van der Waals surface area contributed by atoms with Gasteiger partial charge in [-0.05, 0) is 11.9 Å². The Morgan fingerprint density at radius 3 is 2.19 bits per heavy atom. The summed E-state index contributed by atoms with van der Waals surface area (Å²) in [5, 5.41) is 18.7. The van der Waals surface area contributed by atoms with E-state index in [1.165, 1.54) is 21.0 Å². The molecule has 0 saturated heterocycles. The SMILES string of the molecule is CC(CN(C(=O)N(C)C)[N+](=O)[O-])O[N+](=O)[O-]. The molecule has 0 N–H and O–H groups in total. The van der Waals surface area contributed by atoms with Gasteiger partial charge in [-0.3, -0.25) is 0 Å². The highest BCUT2D eigenvalue weighted by atomic mass is 17.0. The first-order valence-electron chi connectivity index (χ1n) is 4.20. The highest BCUT2D eigenvalue weighted by Crippen LogP contribution is 2.00. The standard InChI is InChI=1S/C6H12N4O6/c1-5(16-10(14)15)4-8(9(12)13)6(11)7(2)3/h5H,4H2,1-3H3. The molecule has 0 aliphatic heterocycles. The van der Waals surface area contributed by atoms with E-state index >= 15 is 0 Å². The normalized spacial score (nSPS) is 11.4. The van der Waals surface area contributed by atoms with Crippen molar-refractivity contribution in [1.29, 1.82) is 0 Å². The van der Waals surface area contributed by atoms with E-state index in [-0.39, 0.29) is 5.01 Å². The first-order valence-corrected chi connectivity index (χ1v) is 4.20. The molecule has 1 atom stereocenters. The van der Waals surface area contributed by atoms with Gasteiger partial charge in [-0.1, -0.05) is 0 Å². The molecule has 0 rings (SSSR count). The Kier molecular flexibility index (Phi) is 4.92. The number of hydrazine groups is 1. The molecule has 1 unspecified atom stereocenters. The molecule has 0 bridgehead atoms. The predicted molar refractivity (Wildman–Crippen MR) is 50.3 cm³/mol. The molecule has 2 amide bonds. The van der Waals surface area contributed by atoms with Crippen LogP contribution in [0.1, 0.15) is 6.92 Å². The van der Waals surface area contributed by atoms with Crippen LogP contribution in [-0.2, 0) is 4.84 Å². The largest absolute Gasteiger partial charge is 0.377 e. The first kappa shape index (κ1) is 13.9. The van der Waals surface area contributed by atoms with E-state index in [0.29, 0.717) is 0 Å². The maximum absolute atomic E-state index is 11.3. The van der Waals surface area contributed by atoms with Gasteiger partial charge in [-0.25, -0.2) is 14.9 Å². The van der Waals surface area contributed by atoms with E-state index in [9.17, 15) is 25.0 Å². The maximum atomic E-state index is 11.3. The van der Waals surface area contributed by atoms with E-state index in [1.54, 1.807) is 0 Å². The zero-order chi connectivity index (χ0) is 12.9. The highest BCUT2D eigenvalue weighted by Gasteiger charge is 2.29. The van der Waals surface area contributed by atoms with Crippen LogP contribution in [0, 0.1) is 20.2 Å². The summed E-state index contributed by atoms with van der Waals surface area (Å²) in [5.74, 6) is 0. The summed E-state index contributed by atoms with van der Waals surface area (Å²) in [6, 6.07) is -0.885. The number of carbonyl (C=O) groups excluding carboxylic acids is 1. The third-order valence-electron chi connectivity index (χ3n) is 1.50. The molecule has 0 saturated carbocycles. The highest BCUT2D eigenvalue weighted by molar-refractivity contribution is 5.72. The van der Waals surface area contributed by atoms with Crippen LogP contribution in [0.5, 0.6) is 0 Å². The van der Waals surface area contributed by atoms with Crippen molar-refractivity contribution < 1.29 is 19.8 Å². The van der Waals surface area contributed by atoms with Crippen molar-refractivity contribution in [1.82, 2.24) is 9.91 Å². The van der Waals surface area contributed by atoms with Gasteiger partial charge >= 0.3 is 6.03 Å². The fourth-order valence-corrected chi connectivity index (χ4v) is 0.869. The molecule has 0 aromatic rings. The molecular formula is C6H12N4O6. The fourth-order valence-electron chi connectivity index (χ4n) is 0.869. The Labute approximate surface area is 90.6 Å². The Morgan fingerprint density at radius 2 is 1.88 bits per heavy atom. The molecule has 16 heavy (non-hydrogen) atoms. The second-order valence-electron chi connectivity index (χ2n) is 3.14. The topological polar surface area (TPSA) is 119 Å². The van der Waals surface area contributed by atoms with Gasteiger partial charge in [0.1, 0.15) is 12.6 Å². The minimum Gasteiger partial charge on any atom is -0.326 e. The van der Waals surface area contributed by atoms with E-state index in [2.05, 4.69) is 4.84 Å². The van der Waals surface area contributed by atoms with Gasteiger partial charge in [0.15, 0.2) is 5.03 Å². The summed E-state index contributed by atoms with van der Waals surface area (Å²) < 4.78 is 0. The molecule has 0 aromatic heterocycles.